The number of carboxylic acid groups (broad SMARTS) is 1. The van der Waals surface area contributed by atoms with Gasteiger partial charge in [0.05, 0.1) is 17.0 Å². The molecule has 4 rings (SSSR count). The van der Waals surface area contributed by atoms with E-state index < -0.39 is 5.97 Å². The minimum atomic E-state index is -1.01. The van der Waals surface area contributed by atoms with Crippen LogP contribution in [0.5, 0.6) is 0 Å². The number of aromatic carboxylic acids is 1. The highest BCUT2D eigenvalue weighted by atomic mass is 16.4. The number of carboxylic acids is 1. The number of hydrogen-bond donors (Lipinski definition) is 2. The second kappa shape index (κ2) is 7.83. The van der Waals surface area contributed by atoms with E-state index in [0.717, 1.165) is 11.1 Å². The number of aromatic nitrogens is 1. The summed E-state index contributed by atoms with van der Waals surface area (Å²) in [5, 5.41) is 13.2. The molecule has 0 amide bonds. The number of nitrogens with zero attached hydrogens (tertiary/aromatic N) is 1. The lowest BCUT2D eigenvalue weighted by molar-refractivity contribution is 0.0698. The molecule has 0 aliphatic rings. The molecule has 6 nitrogen and oxygen atoms in total. The molecule has 2 heterocycles. The van der Waals surface area contributed by atoms with Crippen LogP contribution in [0.25, 0.3) is 22.4 Å². The summed E-state index contributed by atoms with van der Waals surface area (Å²) in [5.74, 6) is -0.625. The maximum Gasteiger partial charge on any atom is 0.337 e. The standard InChI is InChI=1S/C24H20N2O4/c1-14-11-17(15(2)26-19-8-4-3-7-16(19)24(28)29)23-18(12-14)21(27)13-22(30-23)20-9-5-6-10-25-20/h3-13,15,26H,1-2H3,(H,28,29). The van der Waals surface area contributed by atoms with Gasteiger partial charge in [0.1, 0.15) is 11.3 Å². The maximum atomic E-state index is 12.8. The minimum Gasteiger partial charge on any atom is -0.478 e. The summed E-state index contributed by atoms with van der Waals surface area (Å²) in [5.41, 5.74) is 3.23. The monoisotopic (exact) mass is 400 g/mol. The van der Waals surface area contributed by atoms with E-state index in [2.05, 4.69) is 10.3 Å². The van der Waals surface area contributed by atoms with Crippen molar-refractivity contribution >= 4 is 22.6 Å². The average Bonchev–Trinajstić information content (AvgIpc) is 2.74. The molecular formula is C24H20N2O4. The van der Waals surface area contributed by atoms with Gasteiger partial charge in [-0.15, -0.1) is 0 Å². The highest BCUT2D eigenvalue weighted by Crippen LogP contribution is 2.30. The molecule has 2 aromatic heterocycles. The summed E-state index contributed by atoms with van der Waals surface area (Å²) in [4.78, 5) is 28.6. The van der Waals surface area contributed by atoms with Gasteiger partial charge in [-0.25, -0.2) is 4.79 Å². The van der Waals surface area contributed by atoms with Crippen molar-refractivity contribution in [2.75, 3.05) is 5.32 Å². The second-order valence-corrected chi connectivity index (χ2v) is 7.14. The summed E-state index contributed by atoms with van der Waals surface area (Å²) in [6.07, 6.45) is 1.64. The number of para-hydroxylation sites is 1. The number of hydrogen-bond acceptors (Lipinski definition) is 5. The van der Waals surface area contributed by atoms with E-state index in [4.69, 9.17) is 4.42 Å². The Kier molecular flexibility index (Phi) is 5.06. The maximum absolute atomic E-state index is 12.8. The lowest BCUT2D eigenvalue weighted by Gasteiger charge is -2.19. The summed E-state index contributed by atoms with van der Waals surface area (Å²) in [7, 11) is 0. The molecule has 0 aliphatic carbocycles. The summed E-state index contributed by atoms with van der Waals surface area (Å²) in [6.45, 7) is 3.81. The molecule has 0 bridgehead atoms. The number of carbonyl (C=O) groups is 1. The summed E-state index contributed by atoms with van der Waals surface area (Å²) in [6, 6.07) is 17.0. The highest BCUT2D eigenvalue weighted by molar-refractivity contribution is 5.94. The Hall–Kier alpha value is -3.93. The van der Waals surface area contributed by atoms with Gasteiger partial charge in [-0.2, -0.15) is 0 Å². The number of nitrogens with one attached hydrogen (secondary N) is 1. The number of anilines is 1. The molecule has 4 aromatic rings. The van der Waals surface area contributed by atoms with Crippen molar-refractivity contribution < 1.29 is 14.3 Å². The molecule has 0 saturated carbocycles. The smallest absolute Gasteiger partial charge is 0.337 e. The Balaban J connectivity index is 1.85. The van der Waals surface area contributed by atoms with Crippen LogP contribution in [0, 0.1) is 6.92 Å². The molecule has 1 unspecified atom stereocenters. The van der Waals surface area contributed by atoms with Gasteiger partial charge in [-0.1, -0.05) is 24.3 Å². The van der Waals surface area contributed by atoms with Crippen LogP contribution in [0.15, 0.2) is 76.1 Å². The van der Waals surface area contributed by atoms with Crippen molar-refractivity contribution in [3.63, 3.8) is 0 Å². The van der Waals surface area contributed by atoms with E-state index in [1.54, 1.807) is 48.7 Å². The van der Waals surface area contributed by atoms with Gasteiger partial charge in [0.15, 0.2) is 11.2 Å². The first kappa shape index (κ1) is 19.4. The third-order valence-electron chi connectivity index (χ3n) is 4.91. The molecule has 150 valence electrons. The first-order valence-electron chi connectivity index (χ1n) is 9.52. The van der Waals surface area contributed by atoms with Gasteiger partial charge in [-0.3, -0.25) is 9.78 Å². The molecule has 2 N–H and O–H groups in total. The van der Waals surface area contributed by atoms with Crippen molar-refractivity contribution in [2.45, 2.75) is 19.9 Å². The quantitative estimate of drug-likeness (QED) is 0.488. The third-order valence-corrected chi connectivity index (χ3v) is 4.91. The fourth-order valence-corrected chi connectivity index (χ4v) is 3.50. The molecule has 1 atom stereocenters. The van der Waals surface area contributed by atoms with Gasteiger partial charge in [0.2, 0.25) is 0 Å². The summed E-state index contributed by atoms with van der Waals surface area (Å²) < 4.78 is 6.13. The first-order valence-corrected chi connectivity index (χ1v) is 9.52. The van der Waals surface area contributed by atoms with Gasteiger partial charge in [0, 0.05) is 23.5 Å². The zero-order chi connectivity index (χ0) is 21.3. The fraction of sp³-hybridized carbons (Fsp3) is 0.125. The van der Waals surface area contributed by atoms with E-state index in [-0.39, 0.29) is 17.0 Å². The highest BCUT2D eigenvalue weighted by Gasteiger charge is 2.18. The molecule has 2 aromatic carbocycles. The predicted octanol–water partition coefficient (Wildman–Crippen LogP) is 5.03. The van der Waals surface area contributed by atoms with Crippen molar-refractivity contribution in [1.29, 1.82) is 0 Å². The molecule has 0 spiro atoms. The third kappa shape index (κ3) is 3.67. The van der Waals surface area contributed by atoms with Gasteiger partial charge in [-0.05, 0) is 49.7 Å². The van der Waals surface area contributed by atoms with Crippen LogP contribution in [0.2, 0.25) is 0 Å². The number of aryl methyl sites for hydroxylation is 1. The normalized spacial score (nSPS) is 11.9. The SMILES string of the molecule is Cc1cc(C(C)Nc2ccccc2C(=O)O)c2oc(-c3ccccn3)cc(=O)c2c1. The molecular weight excluding hydrogens is 380 g/mol. The number of rotatable bonds is 5. The van der Waals surface area contributed by atoms with Crippen LogP contribution in [-0.4, -0.2) is 16.1 Å². The molecule has 0 fully saturated rings. The van der Waals surface area contributed by atoms with Crippen LogP contribution < -0.4 is 10.7 Å². The lowest BCUT2D eigenvalue weighted by Crippen LogP contribution is -2.12. The molecule has 0 saturated heterocycles. The van der Waals surface area contributed by atoms with Crippen molar-refractivity contribution in [1.82, 2.24) is 4.98 Å². The second-order valence-electron chi connectivity index (χ2n) is 7.14. The van der Waals surface area contributed by atoms with Crippen molar-refractivity contribution in [3.8, 4) is 11.5 Å². The number of pyridine rings is 1. The zero-order valence-corrected chi connectivity index (χ0v) is 16.5. The molecule has 30 heavy (non-hydrogen) atoms. The Morgan fingerprint density at radius 2 is 1.87 bits per heavy atom. The van der Waals surface area contributed by atoms with E-state index in [1.807, 2.05) is 26.0 Å². The molecule has 0 radical (unpaired) electrons. The van der Waals surface area contributed by atoms with Gasteiger partial charge in [0.25, 0.3) is 0 Å². The first-order chi connectivity index (χ1) is 14.4. The van der Waals surface area contributed by atoms with Crippen molar-refractivity contribution in [2.24, 2.45) is 0 Å². The Morgan fingerprint density at radius 3 is 2.60 bits per heavy atom. The van der Waals surface area contributed by atoms with Gasteiger partial charge >= 0.3 is 5.97 Å². The van der Waals surface area contributed by atoms with E-state index in [9.17, 15) is 14.7 Å². The summed E-state index contributed by atoms with van der Waals surface area (Å²) >= 11 is 0. The minimum absolute atomic E-state index is 0.153. The van der Waals surface area contributed by atoms with Crippen LogP contribution >= 0.6 is 0 Å². The Labute approximate surface area is 172 Å². The fourth-order valence-electron chi connectivity index (χ4n) is 3.50. The van der Waals surface area contributed by atoms with Crippen LogP contribution in [-0.2, 0) is 0 Å². The molecule has 6 heteroatoms. The topological polar surface area (TPSA) is 92.4 Å². The number of fused-ring (bicyclic) bond motifs is 1. The lowest BCUT2D eigenvalue weighted by atomic mass is 10.0. The average molecular weight is 400 g/mol. The predicted molar refractivity (Wildman–Crippen MR) is 116 cm³/mol. The Morgan fingerprint density at radius 1 is 1.10 bits per heavy atom. The Bertz CT molecular complexity index is 1300. The van der Waals surface area contributed by atoms with Crippen molar-refractivity contribution in [3.05, 3.63) is 93.8 Å². The van der Waals surface area contributed by atoms with E-state index >= 15 is 0 Å². The zero-order valence-electron chi connectivity index (χ0n) is 16.5. The van der Waals surface area contributed by atoms with E-state index in [1.165, 1.54) is 6.07 Å². The van der Waals surface area contributed by atoms with Crippen LogP contribution in [0.4, 0.5) is 5.69 Å². The van der Waals surface area contributed by atoms with Gasteiger partial charge < -0.3 is 14.8 Å². The molecule has 0 aliphatic heterocycles. The van der Waals surface area contributed by atoms with Crippen LogP contribution in [0.1, 0.15) is 34.5 Å². The van der Waals surface area contributed by atoms with E-state index in [0.29, 0.717) is 28.1 Å². The number of benzene rings is 2. The van der Waals surface area contributed by atoms with Crippen LogP contribution in [0.3, 0.4) is 0 Å². The largest absolute Gasteiger partial charge is 0.478 e.